The molecule has 0 aliphatic carbocycles. The summed E-state index contributed by atoms with van der Waals surface area (Å²) in [6.45, 7) is 4.14. The number of carbonyl (C=O) groups excluding carboxylic acids is 1. The summed E-state index contributed by atoms with van der Waals surface area (Å²) in [6, 6.07) is 6.24. The molecule has 114 valence electrons. The number of hydrogen-bond donors (Lipinski definition) is 1. The van der Waals surface area contributed by atoms with E-state index in [-0.39, 0.29) is 17.6 Å². The lowest BCUT2D eigenvalue weighted by Gasteiger charge is -2.11. The highest BCUT2D eigenvalue weighted by Crippen LogP contribution is 2.12. The fraction of sp³-hybridized carbons (Fsp3) is 0.438. The molecule has 5 heteroatoms. The highest BCUT2D eigenvalue weighted by molar-refractivity contribution is 5.91. The Balaban J connectivity index is 2.44. The number of carbonyl (C=O) groups is 1. The van der Waals surface area contributed by atoms with Gasteiger partial charge in [-0.05, 0) is 37.1 Å². The number of nitrogens with one attached hydrogen (secondary N) is 1. The first-order chi connectivity index (χ1) is 10.0. The summed E-state index contributed by atoms with van der Waals surface area (Å²) in [5.41, 5.74) is 0.801. The second-order valence-corrected chi connectivity index (χ2v) is 5.09. The van der Waals surface area contributed by atoms with Gasteiger partial charge in [0, 0.05) is 24.3 Å². The van der Waals surface area contributed by atoms with Crippen molar-refractivity contribution >= 4 is 17.7 Å². The molecule has 0 radical (unpaired) electrons. The van der Waals surface area contributed by atoms with Gasteiger partial charge in [0.05, 0.1) is 4.92 Å². The van der Waals surface area contributed by atoms with Crippen LogP contribution in [-0.4, -0.2) is 16.9 Å². The van der Waals surface area contributed by atoms with Gasteiger partial charge in [-0.2, -0.15) is 0 Å². The molecule has 1 rings (SSSR count). The molecular weight excluding hydrogens is 268 g/mol. The van der Waals surface area contributed by atoms with E-state index in [2.05, 4.69) is 12.2 Å². The molecule has 0 saturated heterocycles. The molecule has 0 bridgehead atoms. The van der Waals surface area contributed by atoms with Gasteiger partial charge < -0.3 is 5.32 Å². The first-order valence-corrected chi connectivity index (χ1v) is 7.26. The van der Waals surface area contributed by atoms with Crippen molar-refractivity contribution in [2.75, 3.05) is 0 Å². The molecule has 0 aliphatic heterocycles. The van der Waals surface area contributed by atoms with Crippen LogP contribution in [0.4, 0.5) is 5.69 Å². The number of benzene rings is 1. The molecule has 0 spiro atoms. The maximum Gasteiger partial charge on any atom is 0.269 e. The number of nitro benzene ring substituents is 1. The second kappa shape index (κ2) is 8.89. The molecule has 1 amide bonds. The highest BCUT2D eigenvalue weighted by Gasteiger charge is 2.05. The van der Waals surface area contributed by atoms with Crippen LogP contribution in [0.25, 0.3) is 6.08 Å². The van der Waals surface area contributed by atoms with Crippen molar-refractivity contribution in [3.05, 3.63) is 46.0 Å². The van der Waals surface area contributed by atoms with Gasteiger partial charge in [0.15, 0.2) is 0 Å². The lowest BCUT2D eigenvalue weighted by atomic mass is 10.1. The molecule has 0 fully saturated rings. The van der Waals surface area contributed by atoms with Crippen molar-refractivity contribution in [3.63, 3.8) is 0 Å². The van der Waals surface area contributed by atoms with Crippen LogP contribution in [0.3, 0.4) is 0 Å². The van der Waals surface area contributed by atoms with Crippen molar-refractivity contribution in [2.24, 2.45) is 0 Å². The average Bonchev–Trinajstić information content (AvgIpc) is 2.46. The topological polar surface area (TPSA) is 72.2 Å². The van der Waals surface area contributed by atoms with Gasteiger partial charge in [-0.15, -0.1) is 0 Å². The van der Waals surface area contributed by atoms with E-state index in [9.17, 15) is 14.9 Å². The number of unbranched alkanes of at least 4 members (excludes halogenated alkanes) is 2. The van der Waals surface area contributed by atoms with Gasteiger partial charge in [0.1, 0.15) is 0 Å². The van der Waals surface area contributed by atoms with Gasteiger partial charge in [0.2, 0.25) is 5.91 Å². The Kier molecular flexibility index (Phi) is 7.15. The minimum Gasteiger partial charge on any atom is -0.350 e. The number of nitro groups is 1. The van der Waals surface area contributed by atoms with Gasteiger partial charge in [-0.3, -0.25) is 14.9 Å². The van der Waals surface area contributed by atoms with E-state index in [4.69, 9.17) is 0 Å². The smallest absolute Gasteiger partial charge is 0.269 e. The molecule has 1 N–H and O–H groups in total. The molecule has 5 nitrogen and oxygen atoms in total. The lowest BCUT2D eigenvalue weighted by molar-refractivity contribution is -0.384. The molecule has 1 aromatic carbocycles. The first kappa shape index (κ1) is 16.9. The molecule has 0 saturated carbocycles. The van der Waals surface area contributed by atoms with Crippen LogP contribution in [-0.2, 0) is 4.79 Å². The van der Waals surface area contributed by atoms with Crippen LogP contribution < -0.4 is 5.32 Å². The predicted octanol–water partition coefficient (Wildman–Crippen LogP) is 3.69. The zero-order chi connectivity index (χ0) is 15.7. The molecule has 1 atom stereocenters. The summed E-state index contributed by atoms with van der Waals surface area (Å²) in [4.78, 5) is 21.8. The van der Waals surface area contributed by atoms with Crippen molar-refractivity contribution < 1.29 is 9.72 Å². The molecule has 1 aromatic rings. The second-order valence-electron chi connectivity index (χ2n) is 5.09. The average molecular weight is 290 g/mol. The van der Waals surface area contributed by atoms with Crippen LogP contribution in [0.15, 0.2) is 30.3 Å². The molecule has 0 unspecified atom stereocenters. The summed E-state index contributed by atoms with van der Waals surface area (Å²) in [6.07, 6.45) is 7.55. The molecule has 0 aliphatic rings. The Labute approximate surface area is 125 Å². The van der Waals surface area contributed by atoms with E-state index in [1.807, 2.05) is 6.92 Å². The van der Waals surface area contributed by atoms with E-state index in [0.717, 1.165) is 18.4 Å². The minimum absolute atomic E-state index is 0.0427. The van der Waals surface area contributed by atoms with Crippen LogP contribution >= 0.6 is 0 Å². The van der Waals surface area contributed by atoms with Crippen molar-refractivity contribution in [1.29, 1.82) is 0 Å². The van der Waals surface area contributed by atoms with E-state index < -0.39 is 4.92 Å². The van der Waals surface area contributed by atoms with E-state index in [0.29, 0.717) is 0 Å². The Bertz CT molecular complexity index is 495. The third-order valence-corrected chi connectivity index (χ3v) is 3.16. The fourth-order valence-electron chi connectivity index (χ4n) is 1.94. The standard InChI is InChI=1S/C16H22N2O3/c1-3-4-5-6-13(2)17-16(19)12-9-14-7-10-15(11-8-14)18(20)21/h7-13H,3-6H2,1-2H3,(H,17,19)/b12-9+/t13-/m1/s1. The monoisotopic (exact) mass is 290 g/mol. The quantitative estimate of drug-likeness (QED) is 0.343. The first-order valence-electron chi connectivity index (χ1n) is 7.26. The maximum absolute atomic E-state index is 11.7. The Morgan fingerprint density at radius 1 is 1.33 bits per heavy atom. The Hall–Kier alpha value is -2.17. The van der Waals surface area contributed by atoms with E-state index >= 15 is 0 Å². The van der Waals surface area contributed by atoms with E-state index in [1.54, 1.807) is 18.2 Å². The minimum atomic E-state index is -0.446. The summed E-state index contributed by atoms with van der Waals surface area (Å²) in [5, 5.41) is 13.4. The maximum atomic E-state index is 11.7. The highest BCUT2D eigenvalue weighted by atomic mass is 16.6. The van der Waals surface area contributed by atoms with Crippen molar-refractivity contribution in [3.8, 4) is 0 Å². The summed E-state index contributed by atoms with van der Waals surface area (Å²) in [7, 11) is 0. The van der Waals surface area contributed by atoms with Crippen LogP contribution in [0, 0.1) is 10.1 Å². The van der Waals surface area contributed by atoms with Gasteiger partial charge in [-0.25, -0.2) is 0 Å². The summed E-state index contributed by atoms with van der Waals surface area (Å²) < 4.78 is 0. The van der Waals surface area contributed by atoms with Crippen molar-refractivity contribution in [2.45, 2.75) is 45.6 Å². The van der Waals surface area contributed by atoms with Crippen LogP contribution in [0.5, 0.6) is 0 Å². The number of hydrogen-bond acceptors (Lipinski definition) is 3. The van der Waals surface area contributed by atoms with Gasteiger partial charge >= 0.3 is 0 Å². The Morgan fingerprint density at radius 2 is 2.00 bits per heavy atom. The van der Waals surface area contributed by atoms with Crippen LogP contribution in [0.2, 0.25) is 0 Å². The third kappa shape index (κ3) is 6.70. The number of non-ortho nitro benzene ring substituents is 1. The molecular formula is C16H22N2O3. The van der Waals surface area contributed by atoms with Gasteiger partial charge in [0.25, 0.3) is 5.69 Å². The van der Waals surface area contributed by atoms with Crippen LogP contribution in [0.1, 0.15) is 45.1 Å². The van der Waals surface area contributed by atoms with E-state index in [1.165, 1.54) is 31.1 Å². The third-order valence-electron chi connectivity index (χ3n) is 3.16. The molecule has 21 heavy (non-hydrogen) atoms. The number of rotatable bonds is 8. The number of amides is 1. The Morgan fingerprint density at radius 3 is 2.57 bits per heavy atom. The van der Waals surface area contributed by atoms with Gasteiger partial charge in [-0.1, -0.05) is 26.2 Å². The zero-order valence-corrected chi connectivity index (χ0v) is 12.5. The largest absolute Gasteiger partial charge is 0.350 e. The lowest BCUT2D eigenvalue weighted by Crippen LogP contribution is -2.30. The molecule has 0 heterocycles. The predicted molar refractivity (Wildman–Crippen MR) is 83.9 cm³/mol. The summed E-state index contributed by atoms with van der Waals surface area (Å²) >= 11 is 0. The number of nitrogens with zero attached hydrogens (tertiary/aromatic N) is 1. The fourth-order valence-corrected chi connectivity index (χ4v) is 1.94. The van der Waals surface area contributed by atoms with Crippen molar-refractivity contribution in [1.82, 2.24) is 5.32 Å². The zero-order valence-electron chi connectivity index (χ0n) is 12.5. The SMILES string of the molecule is CCCCC[C@@H](C)NC(=O)/C=C/c1ccc([N+](=O)[O-])cc1. The summed E-state index contributed by atoms with van der Waals surface area (Å²) in [5.74, 6) is -0.141. The molecule has 0 aromatic heterocycles. The normalized spacial score (nSPS) is 12.3.